The number of H-pyrrole nitrogens is 1. The summed E-state index contributed by atoms with van der Waals surface area (Å²) in [7, 11) is 1.53. The van der Waals surface area contributed by atoms with Crippen LogP contribution in [0, 0.1) is 5.82 Å². The zero-order valence-corrected chi connectivity index (χ0v) is 12.3. The lowest BCUT2D eigenvalue weighted by molar-refractivity contribution is 0.0299. The number of benzene rings is 1. The Balaban J connectivity index is 1.87. The number of rotatable bonds is 3. The zero-order valence-electron chi connectivity index (χ0n) is 12.3. The number of halogens is 1. The molecule has 0 spiro atoms. The average Bonchev–Trinajstić information content (AvgIpc) is 3.04. The van der Waals surface area contributed by atoms with Gasteiger partial charge in [0.25, 0.3) is 5.91 Å². The van der Waals surface area contributed by atoms with Crippen LogP contribution in [0.5, 0.6) is 5.75 Å². The summed E-state index contributed by atoms with van der Waals surface area (Å²) in [5.41, 5.74) is 1.80. The number of hydrogen-bond acceptors (Lipinski definition) is 3. The lowest BCUT2D eigenvalue weighted by Crippen LogP contribution is -2.40. The fraction of sp³-hybridized carbons (Fsp3) is 0.312. The highest BCUT2D eigenvalue weighted by Gasteiger charge is 2.20. The molecule has 0 atom stereocenters. The van der Waals surface area contributed by atoms with Crippen LogP contribution in [0.1, 0.15) is 10.5 Å². The molecule has 1 saturated heterocycles. The van der Waals surface area contributed by atoms with Gasteiger partial charge < -0.3 is 19.4 Å². The molecule has 0 unspecified atom stereocenters. The van der Waals surface area contributed by atoms with E-state index in [1.807, 2.05) is 0 Å². The van der Waals surface area contributed by atoms with Crippen molar-refractivity contribution in [3.8, 4) is 16.9 Å². The molecule has 1 aliphatic rings. The van der Waals surface area contributed by atoms with Gasteiger partial charge in [-0.1, -0.05) is 0 Å². The van der Waals surface area contributed by atoms with Crippen LogP contribution in [0.2, 0.25) is 0 Å². The minimum atomic E-state index is -0.349. The normalized spacial score (nSPS) is 14.9. The maximum absolute atomic E-state index is 13.5. The Hall–Kier alpha value is -2.34. The smallest absolute Gasteiger partial charge is 0.270 e. The highest BCUT2D eigenvalue weighted by atomic mass is 19.1. The first-order chi connectivity index (χ1) is 10.7. The van der Waals surface area contributed by atoms with Gasteiger partial charge in [0, 0.05) is 30.4 Å². The number of morpholine rings is 1. The summed E-state index contributed by atoms with van der Waals surface area (Å²) in [4.78, 5) is 17.1. The van der Waals surface area contributed by atoms with Gasteiger partial charge in [0.15, 0.2) is 0 Å². The zero-order chi connectivity index (χ0) is 15.5. The monoisotopic (exact) mass is 304 g/mol. The molecule has 0 bridgehead atoms. The Labute approximate surface area is 127 Å². The van der Waals surface area contributed by atoms with Crippen molar-refractivity contribution in [2.45, 2.75) is 0 Å². The second-order valence-electron chi connectivity index (χ2n) is 5.05. The van der Waals surface area contributed by atoms with Crippen LogP contribution in [0.25, 0.3) is 11.1 Å². The molecule has 1 fully saturated rings. The van der Waals surface area contributed by atoms with Crippen LogP contribution in [-0.4, -0.2) is 49.2 Å². The molecule has 6 heteroatoms. The third-order valence-corrected chi connectivity index (χ3v) is 3.68. The van der Waals surface area contributed by atoms with E-state index in [4.69, 9.17) is 9.47 Å². The van der Waals surface area contributed by atoms with Crippen molar-refractivity contribution in [2.75, 3.05) is 33.4 Å². The molecule has 1 aromatic heterocycles. The van der Waals surface area contributed by atoms with E-state index in [-0.39, 0.29) is 11.7 Å². The SMILES string of the molecule is COc1ccc(F)cc1-c1c[nH]c(C(=O)N2CCOCC2)c1. The highest BCUT2D eigenvalue weighted by molar-refractivity contribution is 5.94. The predicted octanol–water partition coefficient (Wildman–Crippen LogP) is 2.30. The van der Waals surface area contributed by atoms with Gasteiger partial charge in [-0.15, -0.1) is 0 Å². The largest absolute Gasteiger partial charge is 0.496 e. The van der Waals surface area contributed by atoms with Crippen molar-refractivity contribution in [3.63, 3.8) is 0 Å². The molecule has 1 N–H and O–H groups in total. The predicted molar refractivity (Wildman–Crippen MR) is 79.5 cm³/mol. The van der Waals surface area contributed by atoms with E-state index in [0.717, 1.165) is 0 Å². The summed E-state index contributed by atoms with van der Waals surface area (Å²) in [6.45, 7) is 2.26. The number of aromatic nitrogens is 1. The number of hydrogen-bond donors (Lipinski definition) is 1. The molecule has 1 amide bonds. The molecule has 1 aromatic carbocycles. The van der Waals surface area contributed by atoms with Gasteiger partial charge in [0.05, 0.1) is 20.3 Å². The van der Waals surface area contributed by atoms with Gasteiger partial charge in [-0.2, -0.15) is 0 Å². The van der Waals surface area contributed by atoms with Crippen LogP contribution in [0.3, 0.4) is 0 Å². The Morgan fingerprint density at radius 1 is 1.32 bits per heavy atom. The first kappa shape index (κ1) is 14.6. The number of amides is 1. The molecular weight excluding hydrogens is 287 g/mol. The molecular formula is C16H17FN2O3. The van der Waals surface area contributed by atoms with Crippen molar-refractivity contribution >= 4 is 5.91 Å². The van der Waals surface area contributed by atoms with Gasteiger partial charge in [-0.05, 0) is 24.3 Å². The van der Waals surface area contributed by atoms with Crippen molar-refractivity contribution in [1.29, 1.82) is 0 Å². The van der Waals surface area contributed by atoms with Gasteiger partial charge in [-0.25, -0.2) is 4.39 Å². The van der Waals surface area contributed by atoms with Crippen molar-refractivity contribution < 1.29 is 18.7 Å². The minimum absolute atomic E-state index is 0.0788. The van der Waals surface area contributed by atoms with E-state index < -0.39 is 0 Å². The van der Waals surface area contributed by atoms with E-state index in [2.05, 4.69) is 4.98 Å². The molecule has 3 rings (SSSR count). The summed E-state index contributed by atoms with van der Waals surface area (Å²) in [6, 6.07) is 6.02. The number of carbonyl (C=O) groups excluding carboxylic acids is 1. The Morgan fingerprint density at radius 3 is 2.82 bits per heavy atom. The number of aromatic amines is 1. The molecule has 116 valence electrons. The molecule has 5 nitrogen and oxygen atoms in total. The average molecular weight is 304 g/mol. The van der Waals surface area contributed by atoms with Gasteiger partial charge in [0.2, 0.25) is 0 Å². The maximum atomic E-state index is 13.5. The third kappa shape index (κ3) is 2.82. The Morgan fingerprint density at radius 2 is 2.09 bits per heavy atom. The highest BCUT2D eigenvalue weighted by Crippen LogP contribution is 2.31. The van der Waals surface area contributed by atoms with Crippen molar-refractivity contribution in [3.05, 3.63) is 42.0 Å². The summed E-state index contributed by atoms with van der Waals surface area (Å²) in [5.74, 6) is 0.133. The summed E-state index contributed by atoms with van der Waals surface area (Å²) < 4.78 is 24.0. The fourth-order valence-corrected chi connectivity index (χ4v) is 2.52. The van der Waals surface area contributed by atoms with E-state index in [1.54, 1.807) is 23.2 Å². The molecule has 2 heterocycles. The first-order valence-electron chi connectivity index (χ1n) is 7.08. The molecule has 0 radical (unpaired) electrons. The van der Waals surface area contributed by atoms with E-state index in [1.165, 1.54) is 19.2 Å². The number of methoxy groups -OCH3 is 1. The topological polar surface area (TPSA) is 54.6 Å². The van der Waals surface area contributed by atoms with Crippen molar-refractivity contribution in [2.24, 2.45) is 0 Å². The number of carbonyl (C=O) groups is 1. The van der Waals surface area contributed by atoms with Gasteiger partial charge in [-0.3, -0.25) is 4.79 Å². The van der Waals surface area contributed by atoms with E-state index in [9.17, 15) is 9.18 Å². The summed E-state index contributed by atoms with van der Waals surface area (Å²) in [6.07, 6.45) is 1.69. The van der Waals surface area contributed by atoms with Crippen LogP contribution in [-0.2, 0) is 4.74 Å². The van der Waals surface area contributed by atoms with Crippen LogP contribution < -0.4 is 4.74 Å². The van der Waals surface area contributed by atoms with Crippen LogP contribution in [0.15, 0.2) is 30.5 Å². The lowest BCUT2D eigenvalue weighted by Gasteiger charge is -2.26. The summed E-state index contributed by atoms with van der Waals surface area (Å²) >= 11 is 0. The van der Waals surface area contributed by atoms with E-state index in [0.29, 0.717) is 48.9 Å². The standard InChI is InChI=1S/C16H17FN2O3/c1-21-15-3-2-12(17)9-13(15)11-8-14(18-10-11)16(20)19-4-6-22-7-5-19/h2-3,8-10,18H,4-7H2,1H3. The number of ether oxygens (including phenoxy) is 2. The molecule has 22 heavy (non-hydrogen) atoms. The Kier molecular flexibility index (Phi) is 4.11. The van der Waals surface area contributed by atoms with Gasteiger partial charge >= 0.3 is 0 Å². The van der Waals surface area contributed by atoms with Crippen LogP contribution >= 0.6 is 0 Å². The minimum Gasteiger partial charge on any atom is -0.496 e. The van der Waals surface area contributed by atoms with E-state index >= 15 is 0 Å². The quantitative estimate of drug-likeness (QED) is 0.946. The van der Waals surface area contributed by atoms with Crippen LogP contribution in [0.4, 0.5) is 4.39 Å². The van der Waals surface area contributed by atoms with Crippen molar-refractivity contribution in [1.82, 2.24) is 9.88 Å². The second kappa shape index (κ2) is 6.19. The summed E-state index contributed by atoms with van der Waals surface area (Å²) in [5, 5.41) is 0. The molecule has 1 aliphatic heterocycles. The fourth-order valence-electron chi connectivity index (χ4n) is 2.52. The second-order valence-corrected chi connectivity index (χ2v) is 5.05. The number of nitrogens with one attached hydrogen (secondary N) is 1. The van der Waals surface area contributed by atoms with Gasteiger partial charge in [0.1, 0.15) is 17.3 Å². The Bertz CT molecular complexity index is 678. The first-order valence-corrected chi connectivity index (χ1v) is 7.08. The molecule has 0 aliphatic carbocycles. The third-order valence-electron chi connectivity index (χ3n) is 3.68. The molecule has 0 saturated carbocycles. The lowest BCUT2D eigenvalue weighted by atomic mass is 10.1. The number of nitrogens with zero attached hydrogens (tertiary/aromatic N) is 1. The maximum Gasteiger partial charge on any atom is 0.270 e. The molecule has 2 aromatic rings.